The molecule has 0 saturated carbocycles. The normalized spacial score (nSPS) is 13.8. The number of nitrogens with one attached hydrogen (secondary N) is 2. The number of amides is 2. The number of carbonyl (C=O) groups is 2. The minimum absolute atomic E-state index is 0.0186. The molecular weight excluding hydrogens is 228 g/mol. The molecule has 0 bridgehead atoms. The van der Waals surface area contributed by atoms with Crippen molar-refractivity contribution in [3.63, 3.8) is 0 Å². The number of carbonyl (C=O) groups excluding carboxylic acids is 1. The average molecular weight is 248 g/mol. The molecule has 0 spiro atoms. The van der Waals surface area contributed by atoms with E-state index in [-0.39, 0.29) is 25.0 Å². The summed E-state index contributed by atoms with van der Waals surface area (Å²) in [7, 11) is 1.58. The van der Waals surface area contributed by atoms with Gasteiger partial charge >= 0.3 is 12.0 Å². The summed E-state index contributed by atoms with van der Waals surface area (Å²) in [6.07, 6.45) is -0.766. The molecular formula is C10H20N2O5. The molecule has 0 aromatic rings. The lowest BCUT2D eigenvalue weighted by atomic mass is 10.2. The molecule has 2 amide bonds. The van der Waals surface area contributed by atoms with Gasteiger partial charge in [0.25, 0.3) is 0 Å². The number of aliphatic hydroxyl groups excluding tert-OH is 1. The standard InChI is InChI=1S/C10H20N2O5/c1-7(4-6-17-2)12-10(16)11-5-3-8(13)9(14)15/h7-8,13H,3-6H2,1-2H3,(H,14,15)(H2,11,12,16). The van der Waals surface area contributed by atoms with Gasteiger partial charge in [-0.3, -0.25) is 0 Å². The Bertz CT molecular complexity index is 247. The Morgan fingerprint density at radius 2 is 2.00 bits per heavy atom. The van der Waals surface area contributed by atoms with Crippen LogP contribution in [0.1, 0.15) is 19.8 Å². The first-order valence-electron chi connectivity index (χ1n) is 5.41. The highest BCUT2D eigenvalue weighted by atomic mass is 16.5. The number of rotatable bonds is 8. The molecule has 0 aliphatic heterocycles. The van der Waals surface area contributed by atoms with Crippen molar-refractivity contribution in [2.45, 2.75) is 31.9 Å². The van der Waals surface area contributed by atoms with Gasteiger partial charge in [0, 0.05) is 32.7 Å². The van der Waals surface area contributed by atoms with Gasteiger partial charge in [-0.15, -0.1) is 0 Å². The number of methoxy groups -OCH3 is 1. The molecule has 0 radical (unpaired) electrons. The molecule has 7 nitrogen and oxygen atoms in total. The van der Waals surface area contributed by atoms with E-state index in [1.807, 2.05) is 6.92 Å². The summed E-state index contributed by atoms with van der Waals surface area (Å²) >= 11 is 0. The lowest BCUT2D eigenvalue weighted by Gasteiger charge is -2.14. The van der Waals surface area contributed by atoms with Crippen molar-refractivity contribution in [2.75, 3.05) is 20.3 Å². The fourth-order valence-corrected chi connectivity index (χ4v) is 1.09. The van der Waals surface area contributed by atoms with E-state index in [1.54, 1.807) is 7.11 Å². The Morgan fingerprint density at radius 3 is 2.53 bits per heavy atom. The number of hydrogen-bond donors (Lipinski definition) is 4. The Labute approximate surface area is 100 Å². The van der Waals surface area contributed by atoms with Crippen LogP contribution in [0.2, 0.25) is 0 Å². The van der Waals surface area contributed by atoms with Crippen LogP contribution >= 0.6 is 0 Å². The first-order chi connectivity index (χ1) is 7.97. The lowest BCUT2D eigenvalue weighted by Crippen LogP contribution is -2.42. The molecule has 2 unspecified atom stereocenters. The summed E-state index contributed by atoms with van der Waals surface area (Å²) in [6.45, 7) is 2.50. The summed E-state index contributed by atoms with van der Waals surface area (Å²) < 4.78 is 4.86. The molecule has 7 heteroatoms. The quantitative estimate of drug-likeness (QED) is 0.465. The predicted molar refractivity (Wildman–Crippen MR) is 60.7 cm³/mol. The Morgan fingerprint density at radius 1 is 1.35 bits per heavy atom. The number of urea groups is 1. The van der Waals surface area contributed by atoms with Crippen LogP contribution < -0.4 is 10.6 Å². The van der Waals surface area contributed by atoms with Crippen molar-refractivity contribution in [3.05, 3.63) is 0 Å². The third kappa shape index (κ3) is 8.47. The molecule has 0 rings (SSSR count). The Hall–Kier alpha value is -1.34. The van der Waals surface area contributed by atoms with Gasteiger partial charge in [-0.05, 0) is 13.3 Å². The monoisotopic (exact) mass is 248 g/mol. The van der Waals surface area contributed by atoms with Crippen LogP contribution in [0.3, 0.4) is 0 Å². The van der Waals surface area contributed by atoms with E-state index in [4.69, 9.17) is 14.9 Å². The van der Waals surface area contributed by atoms with Crippen LogP contribution in [-0.2, 0) is 9.53 Å². The van der Waals surface area contributed by atoms with Crippen LogP contribution in [0, 0.1) is 0 Å². The SMILES string of the molecule is COCCC(C)NC(=O)NCCC(O)C(=O)O. The minimum atomic E-state index is -1.44. The highest BCUT2D eigenvalue weighted by Gasteiger charge is 2.13. The second kappa shape index (κ2) is 8.77. The second-order valence-electron chi connectivity index (χ2n) is 3.73. The topological polar surface area (TPSA) is 108 Å². The molecule has 0 heterocycles. The minimum Gasteiger partial charge on any atom is -0.479 e. The molecule has 0 aliphatic carbocycles. The van der Waals surface area contributed by atoms with E-state index in [0.29, 0.717) is 13.0 Å². The van der Waals surface area contributed by atoms with Gasteiger partial charge < -0.3 is 25.6 Å². The maximum Gasteiger partial charge on any atom is 0.332 e. The van der Waals surface area contributed by atoms with E-state index in [1.165, 1.54) is 0 Å². The lowest BCUT2D eigenvalue weighted by molar-refractivity contribution is -0.146. The third-order valence-corrected chi connectivity index (χ3v) is 2.12. The molecule has 0 aromatic heterocycles. The Balaban J connectivity index is 3.62. The number of aliphatic hydroxyl groups is 1. The molecule has 17 heavy (non-hydrogen) atoms. The van der Waals surface area contributed by atoms with Gasteiger partial charge in [0.15, 0.2) is 6.10 Å². The molecule has 2 atom stereocenters. The van der Waals surface area contributed by atoms with Crippen LogP contribution in [0.25, 0.3) is 0 Å². The summed E-state index contributed by atoms with van der Waals surface area (Å²) in [5.74, 6) is -1.29. The fourth-order valence-electron chi connectivity index (χ4n) is 1.09. The molecule has 0 aromatic carbocycles. The van der Waals surface area contributed by atoms with Crippen molar-refractivity contribution in [1.82, 2.24) is 10.6 Å². The van der Waals surface area contributed by atoms with Gasteiger partial charge in [0.1, 0.15) is 0 Å². The van der Waals surface area contributed by atoms with E-state index in [9.17, 15) is 9.59 Å². The van der Waals surface area contributed by atoms with Gasteiger partial charge in [0.2, 0.25) is 0 Å². The van der Waals surface area contributed by atoms with Gasteiger partial charge in [0.05, 0.1) is 0 Å². The molecule has 0 saturated heterocycles. The Kier molecular flexibility index (Phi) is 8.08. The third-order valence-electron chi connectivity index (χ3n) is 2.12. The zero-order valence-electron chi connectivity index (χ0n) is 10.1. The maximum absolute atomic E-state index is 11.3. The summed E-state index contributed by atoms with van der Waals surface area (Å²) in [6, 6.07) is -0.412. The maximum atomic E-state index is 11.3. The first-order valence-corrected chi connectivity index (χ1v) is 5.41. The smallest absolute Gasteiger partial charge is 0.332 e. The highest BCUT2D eigenvalue weighted by molar-refractivity contribution is 5.74. The highest BCUT2D eigenvalue weighted by Crippen LogP contribution is 1.92. The van der Waals surface area contributed by atoms with Crippen molar-refractivity contribution in [3.8, 4) is 0 Å². The summed E-state index contributed by atoms with van der Waals surface area (Å²) in [4.78, 5) is 21.6. The molecule has 0 aliphatic rings. The fraction of sp³-hybridized carbons (Fsp3) is 0.800. The van der Waals surface area contributed by atoms with Crippen molar-refractivity contribution < 1.29 is 24.5 Å². The van der Waals surface area contributed by atoms with Crippen molar-refractivity contribution in [1.29, 1.82) is 0 Å². The number of carboxylic acid groups (broad SMARTS) is 1. The molecule has 0 fully saturated rings. The average Bonchev–Trinajstić information content (AvgIpc) is 2.25. The number of carboxylic acids is 1. The van der Waals surface area contributed by atoms with Gasteiger partial charge in [-0.25, -0.2) is 9.59 Å². The zero-order chi connectivity index (χ0) is 13.3. The van der Waals surface area contributed by atoms with Gasteiger partial charge in [-0.1, -0.05) is 0 Å². The summed E-state index contributed by atoms with van der Waals surface area (Å²) in [5, 5.41) is 22.5. The molecule has 4 N–H and O–H groups in total. The number of aliphatic carboxylic acids is 1. The first kappa shape index (κ1) is 15.7. The van der Waals surface area contributed by atoms with E-state index >= 15 is 0 Å². The van der Waals surface area contributed by atoms with E-state index < -0.39 is 12.1 Å². The van der Waals surface area contributed by atoms with Crippen molar-refractivity contribution in [2.24, 2.45) is 0 Å². The van der Waals surface area contributed by atoms with Gasteiger partial charge in [-0.2, -0.15) is 0 Å². The summed E-state index contributed by atoms with van der Waals surface area (Å²) in [5.41, 5.74) is 0. The molecule has 100 valence electrons. The number of hydrogen-bond acceptors (Lipinski definition) is 4. The van der Waals surface area contributed by atoms with Crippen LogP contribution in [-0.4, -0.2) is 54.6 Å². The predicted octanol–water partition coefficient (Wildman–Crippen LogP) is -0.454. The van der Waals surface area contributed by atoms with E-state index in [2.05, 4.69) is 10.6 Å². The van der Waals surface area contributed by atoms with Crippen LogP contribution in [0.5, 0.6) is 0 Å². The second-order valence-corrected chi connectivity index (χ2v) is 3.73. The van der Waals surface area contributed by atoms with E-state index in [0.717, 1.165) is 0 Å². The van der Waals surface area contributed by atoms with Crippen LogP contribution in [0.4, 0.5) is 4.79 Å². The number of ether oxygens (including phenoxy) is 1. The van der Waals surface area contributed by atoms with Crippen LogP contribution in [0.15, 0.2) is 0 Å². The zero-order valence-corrected chi connectivity index (χ0v) is 10.1. The van der Waals surface area contributed by atoms with Crippen molar-refractivity contribution >= 4 is 12.0 Å². The largest absolute Gasteiger partial charge is 0.479 e.